The molecule has 1 rings (SSSR count). The number of cyclic esters (lactones) is 1. The first-order valence-electron chi connectivity index (χ1n) is 3.48. The Morgan fingerprint density at radius 1 is 1.67 bits per heavy atom. The first kappa shape index (κ1) is 10.2. The maximum absolute atomic E-state index is 11.5. The first-order chi connectivity index (χ1) is 5.48. The van der Waals surface area contributed by atoms with Gasteiger partial charge in [0, 0.05) is 6.42 Å². The molecule has 1 saturated heterocycles. The van der Waals surface area contributed by atoms with Gasteiger partial charge in [-0.1, -0.05) is 31.9 Å². The first-order valence-corrected chi connectivity index (χ1v) is 5.31. The minimum absolute atomic E-state index is 0.176. The second kappa shape index (κ2) is 3.46. The molecule has 0 aromatic rings. The SMILES string of the molecule is CC1(C(=O)C(Br)Br)CCOC1=O. The van der Waals surface area contributed by atoms with E-state index in [4.69, 9.17) is 4.74 Å². The molecule has 0 aliphatic carbocycles. The summed E-state index contributed by atoms with van der Waals surface area (Å²) < 4.78 is 4.27. The molecule has 1 aliphatic heterocycles. The standard InChI is InChI=1S/C7H8Br2O3/c1-7(4(10)5(8)9)2-3-12-6(7)11/h5H,2-3H2,1H3. The number of ether oxygens (including phenoxy) is 1. The molecule has 5 heteroatoms. The van der Waals surface area contributed by atoms with Crippen molar-refractivity contribution < 1.29 is 14.3 Å². The fraction of sp³-hybridized carbons (Fsp3) is 0.714. The summed E-state index contributed by atoms with van der Waals surface area (Å²) in [6.07, 6.45) is 0.471. The van der Waals surface area contributed by atoms with Gasteiger partial charge in [-0.2, -0.15) is 0 Å². The van der Waals surface area contributed by atoms with Crippen molar-refractivity contribution in [2.24, 2.45) is 5.41 Å². The molecule has 1 fully saturated rings. The lowest BCUT2D eigenvalue weighted by Crippen LogP contribution is -2.35. The average molecular weight is 300 g/mol. The Hall–Kier alpha value is 0.1000. The topological polar surface area (TPSA) is 43.4 Å². The fourth-order valence-corrected chi connectivity index (χ4v) is 2.08. The Bertz CT molecular complexity index is 227. The van der Waals surface area contributed by atoms with Crippen molar-refractivity contribution in [3.63, 3.8) is 0 Å². The molecule has 0 bridgehead atoms. The Kier molecular flexibility index (Phi) is 2.93. The summed E-state index contributed by atoms with van der Waals surface area (Å²) in [6.45, 7) is 1.95. The van der Waals surface area contributed by atoms with Crippen LogP contribution in [0.15, 0.2) is 0 Å². The van der Waals surface area contributed by atoms with Gasteiger partial charge in [-0.25, -0.2) is 0 Å². The van der Waals surface area contributed by atoms with Crippen molar-refractivity contribution in [1.29, 1.82) is 0 Å². The molecule has 1 atom stereocenters. The van der Waals surface area contributed by atoms with E-state index in [1.54, 1.807) is 6.92 Å². The Labute approximate surface area is 87.1 Å². The minimum atomic E-state index is -0.961. The lowest BCUT2D eigenvalue weighted by molar-refractivity contribution is -0.149. The third-order valence-corrected chi connectivity index (χ3v) is 2.86. The van der Waals surface area contributed by atoms with Gasteiger partial charge in [-0.15, -0.1) is 0 Å². The number of hydrogen-bond acceptors (Lipinski definition) is 3. The van der Waals surface area contributed by atoms with Crippen LogP contribution in [0.25, 0.3) is 0 Å². The molecule has 0 amide bonds. The highest BCUT2D eigenvalue weighted by atomic mass is 79.9. The summed E-state index contributed by atoms with van der Waals surface area (Å²) in [7, 11) is 0. The minimum Gasteiger partial charge on any atom is -0.465 e. The highest BCUT2D eigenvalue weighted by molar-refractivity contribution is 9.25. The number of esters is 1. The summed E-state index contributed by atoms with van der Waals surface area (Å²) in [6, 6.07) is 0. The van der Waals surface area contributed by atoms with E-state index in [9.17, 15) is 9.59 Å². The highest BCUT2D eigenvalue weighted by Gasteiger charge is 2.48. The van der Waals surface area contributed by atoms with E-state index in [1.165, 1.54) is 0 Å². The van der Waals surface area contributed by atoms with Crippen molar-refractivity contribution in [1.82, 2.24) is 0 Å². The number of rotatable bonds is 2. The van der Waals surface area contributed by atoms with Crippen molar-refractivity contribution in [2.45, 2.75) is 17.1 Å². The zero-order valence-corrected chi connectivity index (χ0v) is 9.64. The number of hydrogen-bond donors (Lipinski definition) is 0. The molecule has 0 saturated carbocycles. The van der Waals surface area contributed by atoms with E-state index in [-0.39, 0.29) is 5.78 Å². The van der Waals surface area contributed by atoms with Crippen LogP contribution >= 0.6 is 31.9 Å². The van der Waals surface area contributed by atoms with Crippen LogP contribution in [0.3, 0.4) is 0 Å². The number of halogens is 2. The van der Waals surface area contributed by atoms with Gasteiger partial charge in [0.1, 0.15) is 9.15 Å². The molecule has 3 nitrogen and oxygen atoms in total. The van der Waals surface area contributed by atoms with Crippen molar-refractivity contribution in [3.05, 3.63) is 0 Å². The normalized spacial score (nSPS) is 29.2. The van der Waals surface area contributed by atoms with Crippen LogP contribution in [0.5, 0.6) is 0 Å². The Morgan fingerprint density at radius 2 is 2.25 bits per heavy atom. The summed E-state index contributed by atoms with van der Waals surface area (Å²) in [5.41, 5.74) is -0.961. The quantitative estimate of drug-likeness (QED) is 0.442. The van der Waals surface area contributed by atoms with Crippen LogP contribution in [0, 0.1) is 5.41 Å². The maximum atomic E-state index is 11.5. The van der Waals surface area contributed by atoms with Gasteiger partial charge in [0.2, 0.25) is 0 Å². The van der Waals surface area contributed by atoms with E-state index in [0.717, 1.165) is 0 Å². The number of carbonyl (C=O) groups excluding carboxylic acids is 2. The number of carbonyl (C=O) groups is 2. The van der Waals surface area contributed by atoms with Gasteiger partial charge in [-0.05, 0) is 6.92 Å². The molecule has 0 aromatic heterocycles. The lowest BCUT2D eigenvalue weighted by Gasteiger charge is -2.17. The average Bonchev–Trinajstić information content (AvgIpc) is 2.32. The molecular weight excluding hydrogens is 292 g/mol. The predicted octanol–water partition coefficient (Wildman–Crippen LogP) is 1.62. The number of alkyl halides is 2. The van der Waals surface area contributed by atoms with Gasteiger partial charge in [0.25, 0.3) is 0 Å². The van der Waals surface area contributed by atoms with Crippen LogP contribution < -0.4 is 0 Å². The molecule has 1 aliphatic rings. The lowest BCUT2D eigenvalue weighted by atomic mass is 9.85. The third kappa shape index (κ3) is 1.57. The van der Waals surface area contributed by atoms with Gasteiger partial charge in [0.05, 0.1) is 6.61 Å². The van der Waals surface area contributed by atoms with Gasteiger partial charge < -0.3 is 4.74 Å². The maximum Gasteiger partial charge on any atom is 0.319 e. The Morgan fingerprint density at radius 3 is 2.58 bits per heavy atom. The van der Waals surface area contributed by atoms with E-state index in [2.05, 4.69) is 31.9 Å². The van der Waals surface area contributed by atoms with Crippen LogP contribution in [0.4, 0.5) is 0 Å². The van der Waals surface area contributed by atoms with E-state index in [0.29, 0.717) is 13.0 Å². The molecule has 0 radical (unpaired) electrons. The zero-order valence-electron chi connectivity index (χ0n) is 6.47. The van der Waals surface area contributed by atoms with Crippen LogP contribution in [-0.2, 0) is 14.3 Å². The zero-order chi connectivity index (χ0) is 9.35. The van der Waals surface area contributed by atoms with Crippen molar-refractivity contribution >= 4 is 43.6 Å². The molecule has 0 aromatic carbocycles. The van der Waals surface area contributed by atoms with Crippen LogP contribution in [-0.4, -0.2) is 22.1 Å². The molecule has 0 spiro atoms. The molecule has 1 heterocycles. The summed E-state index contributed by atoms with van der Waals surface area (Å²) >= 11 is 6.14. The Balaban J connectivity index is 2.84. The molecule has 12 heavy (non-hydrogen) atoms. The van der Waals surface area contributed by atoms with E-state index < -0.39 is 15.1 Å². The fourth-order valence-electron chi connectivity index (χ4n) is 1.07. The summed E-state index contributed by atoms with van der Waals surface area (Å²) in [5, 5.41) is 0. The molecular formula is C7H8Br2O3. The van der Waals surface area contributed by atoms with E-state index >= 15 is 0 Å². The third-order valence-electron chi connectivity index (χ3n) is 2.03. The second-order valence-corrected chi connectivity index (χ2v) is 5.94. The smallest absolute Gasteiger partial charge is 0.319 e. The number of Topliss-reactive ketones (excluding diaryl/α,β-unsaturated/α-hetero) is 1. The monoisotopic (exact) mass is 298 g/mol. The van der Waals surface area contributed by atoms with E-state index in [1.807, 2.05) is 0 Å². The number of ketones is 1. The van der Waals surface area contributed by atoms with Crippen molar-refractivity contribution in [3.8, 4) is 0 Å². The molecule has 1 unspecified atom stereocenters. The summed E-state index contributed by atoms with van der Waals surface area (Å²) in [5.74, 6) is -0.596. The highest BCUT2D eigenvalue weighted by Crippen LogP contribution is 2.34. The van der Waals surface area contributed by atoms with Crippen molar-refractivity contribution in [2.75, 3.05) is 6.61 Å². The molecule has 68 valence electrons. The largest absolute Gasteiger partial charge is 0.465 e. The van der Waals surface area contributed by atoms with Gasteiger partial charge >= 0.3 is 5.97 Å². The second-order valence-electron chi connectivity index (χ2n) is 2.88. The predicted molar refractivity (Wildman–Crippen MR) is 50.3 cm³/mol. The van der Waals surface area contributed by atoms with Crippen LogP contribution in [0.2, 0.25) is 0 Å². The summed E-state index contributed by atoms with van der Waals surface area (Å²) in [4.78, 5) is 22.6. The molecule has 0 N–H and O–H groups in total. The van der Waals surface area contributed by atoms with Gasteiger partial charge in [-0.3, -0.25) is 9.59 Å². The van der Waals surface area contributed by atoms with Gasteiger partial charge in [0.15, 0.2) is 5.78 Å². The van der Waals surface area contributed by atoms with Crippen LogP contribution in [0.1, 0.15) is 13.3 Å².